The number of aromatic hydroxyl groups is 1. The van der Waals surface area contributed by atoms with Gasteiger partial charge >= 0.3 is 0 Å². The molecule has 174 valence electrons. The van der Waals surface area contributed by atoms with Crippen LogP contribution in [0.2, 0.25) is 0 Å². The third-order valence-electron chi connectivity index (χ3n) is 5.18. The van der Waals surface area contributed by atoms with E-state index >= 15 is 0 Å². The number of carbonyl (C=O) groups is 2. The van der Waals surface area contributed by atoms with Crippen molar-refractivity contribution in [3.05, 3.63) is 53.1 Å². The van der Waals surface area contributed by atoms with Crippen LogP contribution in [0.25, 0.3) is 0 Å². The molecule has 0 spiro atoms. The number of hydrogen-bond donors (Lipinski definition) is 2. The van der Waals surface area contributed by atoms with Crippen molar-refractivity contribution in [2.45, 2.75) is 57.5 Å². The fraction of sp³-hybridized carbons (Fsp3) is 0.440. The summed E-state index contributed by atoms with van der Waals surface area (Å²) in [6.45, 7) is 5.61. The van der Waals surface area contributed by atoms with E-state index in [1.165, 1.54) is 6.92 Å². The standard InChI is InChI=1S/C25H32O6S/c1-4-6-21-22(12-11-20(17(3)26)25(21)30)31-13-5-14-32-19-9-7-18(8-10-19)24(29)16(2)15-23(27)28/h7-12,16,24,29-30H,4-6,13-15H2,1-3H3,(H,27,28)/p-1. The number of benzene rings is 2. The highest BCUT2D eigenvalue weighted by Crippen LogP contribution is 2.33. The van der Waals surface area contributed by atoms with Gasteiger partial charge in [-0.15, -0.1) is 11.8 Å². The molecule has 0 saturated heterocycles. The van der Waals surface area contributed by atoms with E-state index in [1.54, 1.807) is 30.8 Å². The van der Waals surface area contributed by atoms with E-state index in [0.29, 0.717) is 35.5 Å². The summed E-state index contributed by atoms with van der Waals surface area (Å²) in [7, 11) is 0. The van der Waals surface area contributed by atoms with E-state index < -0.39 is 18.0 Å². The van der Waals surface area contributed by atoms with Crippen LogP contribution in [0.4, 0.5) is 0 Å². The number of aliphatic carboxylic acids is 1. The van der Waals surface area contributed by atoms with Crippen LogP contribution in [-0.4, -0.2) is 34.3 Å². The Balaban J connectivity index is 1.85. The minimum atomic E-state index is -1.17. The van der Waals surface area contributed by atoms with Crippen LogP contribution in [0.3, 0.4) is 0 Å². The first-order chi connectivity index (χ1) is 15.2. The van der Waals surface area contributed by atoms with Gasteiger partial charge in [0.15, 0.2) is 5.78 Å². The van der Waals surface area contributed by atoms with E-state index in [4.69, 9.17) is 4.74 Å². The Bertz CT molecular complexity index is 909. The number of rotatable bonds is 13. The molecule has 2 atom stereocenters. The molecule has 0 radical (unpaired) electrons. The number of carboxylic acid groups (broad SMARTS) is 1. The number of hydrogen-bond acceptors (Lipinski definition) is 7. The number of aliphatic hydroxyl groups is 1. The zero-order chi connectivity index (χ0) is 23.7. The molecule has 0 aromatic heterocycles. The van der Waals surface area contributed by atoms with Crippen molar-refractivity contribution in [1.82, 2.24) is 0 Å². The van der Waals surface area contributed by atoms with E-state index in [1.807, 2.05) is 31.2 Å². The van der Waals surface area contributed by atoms with Gasteiger partial charge in [-0.25, -0.2) is 0 Å². The highest BCUT2D eigenvalue weighted by atomic mass is 32.2. The molecule has 0 aliphatic carbocycles. The summed E-state index contributed by atoms with van der Waals surface area (Å²) in [6, 6.07) is 10.8. The Labute approximate surface area is 193 Å². The van der Waals surface area contributed by atoms with Crippen molar-refractivity contribution in [3.63, 3.8) is 0 Å². The van der Waals surface area contributed by atoms with Crippen LogP contribution in [-0.2, 0) is 11.2 Å². The summed E-state index contributed by atoms with van der Waals surface area (Å²) in [6.07, 6.45) is 1.23. The lowest BCUT2D eigenvalue weighted by molar-refractivity contribution is -0.307. The normalized spacial score (nSPS) is 12.9. The molecule has 6 nitrogen and oxygen atoms in total. The summed E-state index contributed by atoms with van der Waals surface area (Å²) >= 11 is 1.66. The molecule has 2 aromatic carbocycles. The number of phenolic OH excluding ortho intramolecular Hbond substituents is 1. The lowest BCUT2D eigenvalue weighted by Crippen LogP contribution is -2.26. The van der Waals surface area contributed by atoms with Crippen molar-refractivity contribution >= 4 is 23.5 Å². The first kappa shape index (κ1) is 25.7. The van der Waals surface area contributed by atoms with E-state index in [2.05, 4.69) is 0 Å². The molecule has 0 fully saturated rings. The lowest BCUT2D eigenvalue weighted by atomic mass is 9.95. The van der Waals surface area contributed by atoms with Crippen molar-refractivity contribution in [3.8, 4) is 11.5 Å². The number of Topliss-reactive ketones (excluding diaryl/α,β-unsaturated/α-hetero) is 1. The fourth-order valence-electron chi connectivity index (χ4n) is 3.42. The van der Waals surface area contributed by atoms with Crippen molar-refractivity contribution < 1.29 is 29.6 Å². The molecule has 2 unspecified atom stereocenters. The second-order valence-electron chi connectivity index (χ2n) is 7.86. The largest absolute Gasteiger partial charge is 0.550 e. The number of carboxylic acids is 1. The van der Waals surface area contributed by atoms with Crippen molar-refractivity contribution in [2.75, 3.05) is 12.4 Å². The maximum Gasteiger partial charge on any atom is 0.163 e. The first-order valence-corrected chi connectivity index (χ1v) is 11.8. The quantitative estimate of drug-likeness (QED) is 0.266. The van der Waals surface area contributed by atoms with E-state index in [9.17, 15) is 24.9 Å². The van der Waals surface area contributed by atoms with Crippen LogP contribution in [0.5, 0.6) is 11.5 Å². The number of ketones is 1. The predicted octanol–water partition coefficient (Wildman–Crippen LogP) is 3.92. The van der Waals surface area contributed by atoms with Crippen LogP contribution in [0.15, 0.2) is 41.3 Å². The minimum Gasteiger partial charge on any atom is -0.550 e. The maximum atomic E-state index is 11.7. The minimum absolute atomic E-state index is 0.0161. The van der Waals surface area contributed by atoms with Gasteiger partial charge in [0.25, 0.3) is 0 Å². The molecular weight excluding hydrogens is 428 g/mol. The van der Waals surface area contributed by atoms with Crippen molar-refractivity contribution in [1.29, 1.82) is 0 Å². The molecule has 0 aliphatic heterocycles. The summed E-state index contributed by atoms with van der Waals surface area (Å²) < 4.78 is 5.88. The molecule has 7 heteroatoms. The molecule has 2 N–H and O–H groups in total. The smallest absolute Gasteiger partial charge is 0.163 e. The predicted molar refractivity (Wildman–Crippen MR) is 123 cm³/mol. The second-order valence-corrected chi connectivity index (χ2v) is 9.03. The highest BCUT2D eigenvalue weighted by molar-refractivity contribution is 7.99. The molecule has 0 saturated carbocycles. The Morgan fingerprint density at radius 2 is 1.84 bits per heavy atom. The van der Waals surface area contributed by atoms with Crippen LogP contribution in [0.1, 0.15) is 67.6 Å². The van der Waals surface area contributed by atoms with Gasteiger partial charge in [0.2, 0.25) is 0 Å². The molecule has 2 rings (SSSR count). The zero-order valence-electron chi connectivity index (χ0n) is 18.8. The van der Waals surface area contributed by atoms with Gasteiger partial charge in [-0.2, -0.15) is 0 Å². The summed E-state index contributed by atoms with van der Waals surface area (Å²) in [4.78, 5) is 23.4. The molecule has 0 bridgehead atoms. The van der Waals surface area contributed by atoms with Crippen molar-refractivity contribution in [2.24, 2.45) is 5.92 Å². The monoisotopic (exact) mass is 459 g/mol. The van der Waals surface area contributed by atoms with Crippen LogP contribution >= 0.6 is 11.8 Å². The van der Waals surface area contributed by atoms with Gasteiger partial charge in [-0.3, -0.25) is 4.79 Å². The molecular formula is C25H31O6S-. The SMILES string of the molecule is CCCc1c(OCCCSc2ccc(C(O)C(C)CC(=O)[O-])cc2)ccc(C(C)=O)c1O. The average Bonchev–Trinajstić information content (AvgIpc) is 2.75. The van der Waals surface area contributed by atoms with Gasteiger partial charge < -0.3 is 24.9 Å². The van der Waals surface area contributed by atoms with E-state index in [0.717, 1.165) is 23.5 Å². The zero-order valence-corrected chi connectivity index (χ0v) is 19.6. The molecule has 0 heterocycles. The Hall–Kier alpha value is -2.51. The number of carbonyl (C=O) groups excluding carboxylic acids is 2. The second kappa shape index (κ2) is 12.5. The third-order valence-corrected chi connectivity index (χ3v) is 6.28. The Morgan fingerprint density at radius 3 is 2.44 bits per heavy atom. The molecule has 0 aliphatic rings. The highest BCUT2D eigenvalue weighted by Gasteiger charge is 2.17. The average molecular weight is 460 g/mol. The maximum absolute atomic E-state index is 11.7. The number of thioether (sulfide) groups is 1. The number of phenols is 1. The Kier molecular flexibility index (Phi) is 10.1. The molecule has 32 heavy (non-hydrogen) atoms. The summed E-state index contributed by atoms with van der Waals surface area (Å²) in [5.74, 6) is -0.306. The summed E-state index contributed by atoms with van der Waals surface area (Å²) in [5, 5.41) is 31.4. The van der Waals surface area contributed by atoms with E-state index in [-0.39, 0.29) is 18.0 Å². The van der Waals surface area contributed by atoms with Crippen LogP contribution < -0.4 is 9.84 Å². The third kappa shape index (κ3) is 7.28. The number of ether oxygens (including phenoxy) is 1. The lowest BCUT2D eigenvalue weighted by Gasteiger charge is -2.19. The summed E-state index contributed by atoms with van der Waals surface area (Å²) in [5.41, 5.74) is 1.68. The Morgan fingerprint density at radius 1 is 1.16 bits per heavy atom. The van der Waals surface area contributed by atoms with Gasteiger partial charge in [-0.1, -0.05) is 32.4 Å². The van der Waals surface area contributed by atoms with Gasteiger partial charge in [0.05, 0.1) is 18.3 Å². The first-order valence-electron chi connectivity index (χ1n) is 10.8. The van der Waals surface area contributed by atoms with Gasteiger partial charge in [0, 0.05) is 22.2 Å². The van der Waals surface area contributed by atoms with Gasteiger partial charge in [-0.05, 0) is 61.9 Å². The topological polar surface area (TPSA) is 107 Å². The van der Waals surface area contributed by atoms with Crippen LogP contribution in [0, 0.1) is 5.92 Å². The molecule has 2 aromatic rings. The number of aliphatic hydroxyl groups excluding tert-OH is 1. The fourth-order valence-corrected chi connectivity index (χ4v) is 4.25. The van der Waals surface area contributed by atoms with Gasteiger partial charge in [0.1, 0.15) is 11.5 Å². The molecule has 0 amide bonds.